The number of methoxy groups -OCH3 is 1. The van der Waals surface area contributed by atoms with Crippen molar-refractivity contribution in [3.63, 3.8) is 0 Å². The van der Waals surface area contributed by atoms with E-state index >= 15 is 0 Å². The first-order valence-corrected chi connectivity index (χ1v) is 11.0. The molecule has 0 radical (unpaired) electrons. The van der Waals surface area contributed by atoms with E-state index < -0.39 is 12.0 Å². The standard InChI is InChI=1S/C26H20FN3O3S/c1-32-25(31)19-7-3-2-6-18(19)21-13-14-22(33-21)24-23(20-8-4-5-15-28-20)29-26(34)30(24)17-11-9-16(27)10-12-17/h2-15,23-24H,1H3,(H,29,34)/t23-,24-/m1/s1. The van der Waals surface area contributed by atoms with Crippen LogP contribution in [0.5, 0.6) is 0 Å². The number of esters is 1. The molecule has 1 fully saturated rings. The van der Waals surface area contributed by atoms with Crippen molar-refractivity contribution in [2.45, 2.75) is 12.1 Å². The lowest BCUT2D eigenvalue weighted by molar-refractivity contribution is 0.0601. The molecule has 1 aliphatic heterocycles. The van der Waals surface area contributed by atoms with Crippen molar-refractivity contribution in [3.8, 4) is 11.3 Å². The summed E-state index contributed by atoms with van der Waals surface area (Å²) < 4.78 is 24.9. The predicted octanol–water partition coefficient (Wildman–Crippen LogP) is 5.44. The van der Waals surface area contributed by atoms with Crippen LogP contribution < -0.4 is 10.2 Å². The fourth-order valence-corrected chi connectivity index (χ4v) is 4.51. The number of carbonyl (C=O) groups is 1. The van der Waals surface area contributed by atoms with Gasteiger partial charge in [0.15, 0.2) is 5.11 Å². The molecule has 4 aromatic rings. The minimum Gasteiger partial charge on any atom is -0.465 e. The Kier molecular flexibility index (Phi) is 5.81. The summed E-state index contributed by atoms with van der Waals surface area (Å²) in [6.07, 6.45) is 1.72. The Balaban J connectivity index is 1.60. The number of furan rings is 1. The first kappa shape index (κ1) is 21.8. The maximum absolute atomic E-state index is 13.6. The largest absolute Gasteiger partial charge is 0.465 e. The van der Waals surface area contributed by atoms with E-state index in [0.717, 1.165) is 11.4 Å². The number of halogens is 1. The van der Waals surface area contributed by atoms with Crippen LogP contribution in [0.3, 0.4) is 0 Å². The second-order valence-corrected chi connectivity index (χ2v) is 8.10. The number of rotatable bonds is 5. The third kappa shape index (κ3) is 3.92. The first-order chi connectivity index (χ1) is 16.6. The van der Waals surface area contributed by atoms with Crippen LogP contribution in [-0.2, 0) is 4.74 Å². The van der Waals surface area contributed by atoms with E-state index in [-0.39, 0.29) is 11.9 Å². The number of aromatic nitrogens is 1. The van der Waals surface area contributed by atoms with Crippen molar-refractivity contribution in [3.05, 3.63) is 108 Å². The fraction of sp³-hybridized carbons (Fsp3) is 0.115. The van der Waals surface area contributed by atoms with E-state index in [1.807, 2.05) is 41.3 Å². The Bertz CT molecular complexity index is 1340. The molecule has 8 heteroatoms. The smallest absolute Gasteiger partial charge is 0.338 e. The minimum absolute atomic E-state index is 0.311. The Morgan fingerprint density at radius 2 is 1.82 bits per heavy atom. The number of pyridine rings is 1. The maximum Gasteiger partial charge on any atom is 0.338 e. The zero-order chi connectivity index (χ0) is 23.7. The highest BCUT2D eigenvalue weighted by molar-refractivity contribution is 7.80. The summed E-state index contributed by atoms with van der Waals surface area (Å²) >= 11 is 5.67. The minimum atomic E-state index is -0.448. The van der Waals surface area contributed by atoms with Crippen LogP contribution in [0.25, 0.3) is 11.3 Å². The number of hydrogen-bond donors (Lipinski definition) is 1. The molecular weight excluding hydrogens is 453 g/mol. The third-order valence-corrected chi connectivity index (χ3v) is 6.03. The van der Waals surface area contributed by atoms with Gasteiger partial charge in [-0.1, -0.05) is 24.3 Å². The molecule has 0 aliphatic carbocycles. The van der Waals surface area contributed by atoms with Gasteiger partial charge >= 0.3 is 5.97 Å². The van der Waals surface area contributed by atoms with Gasteiger partial charge in [0.25, 0.3) is 0 Å². The van der Waals surface area contributed by atoms with Crippen LogP contribution in [0.4, 0.5) is 10.1 Å². The van der Waals surface area contributed by atoms with Gasteiger partial charge in [0.05, 0.1) is 24.4 Å². The molecule has 1 aliphatic rings. The van der Waals surface area contributed by atoms with Crippen molar-refractivity contribution in [1.82, 2.24) is 10.3 Å². The molecule has 1 saturated heterocycles. The number of ether oxygens (including phenoxy) is 1. The quantitative estimate of drug-likeness (QED) is 0.306. The van der Waals surface area contributed by atoms with Gasteiger partial charge in [-0.25, -0.2) is 9.18 Å². The second kappa shape index (κ2) is 9.07. The zero-order valence-corrected chi connectivity index (χ0v) is 19.0. The van der Waals surface area contributed by atoms with Crippen molar-refractivity contribution in [2.24, 2.45) is 0 Å². The number of nitrogens with one attached hydrogen (secondary N) is 1. The number of benzene rings is 2. The van der Waals surface area contributed by atoms with E-state index in [2.05, 4.69) is 10.3 Å². The molecule has 170 valence electrons. The Morgan fingerprint density at radius 3 is 2.56 bits per heavy atom. The molecule has 0 saturated carbocycles. The van der Waals surface area contributed by atoms with Crippen molar-refractivity contribution >= 4 is 29.0 Å². The molecule has 2 atom stereocenters. The number of anilines is 1. The summed E-state index contributed by atoms with van der Waals surface area (Å²) in [7, 11) is 1.34. The van der Waals surface area contributed by atoms with Gasteiger partial charge in [-0.2, -0.15) is 0 Å². The number of thiocarbonyl (C=S) groups is 1. The van der Waals surface area contributed by atoms with Crippen LogP contribution in [0.15, 0.2) is 89.5 Å². The van der Waals surface area contributed by atoms with Gasteiger partial charge in [-0.3, -0.25) is 4.98 Å². The third-order valence-electron chi connectivity index (χ3n) is 5.72. The maximum atomic E-state index is 13.6. The lowest BCUT2D eigenvalue weighted by Gasteiger charge is -2.26. The molecule has 6 nitrogen and oxygen atoms in total. The van der Waals surface area contributed by atoms with Gasteiger partial charge in [0.1, 0.15) is 23.4 Å². The monoisotopic (exact) mass is 473 g/mol. The molecule has 0 unspecified atom stereocenters. The highest BCUT2D eigenvalue weighted by Gasteiger charge is 2.42. The predicted molar refractivity (Wildman–Crippen MR) is 130 cm³/mol. The van der Waals surface area contributed by atoms with E-state index in [4.69, 9.17) is 21.4 Å². The van der Waals surface area contributed by atoms with Gasteiger partial charge < -0.3 is 19.4 Å². The molecule has 2 aromatic heterocycles. The second-order valence-electron chi connectivity index (χ2n) is 7.71. The summed E-state index contributed by atoms with van der Waals surface area (Å²) in [5.74, 6) is 0.352. The molecular formula is C26H20FN3O3S. The highest BCUT2D eigenvalue weighted by Crippen LogP contribution is 2.43. The lowest BCUT2D eigenvalue weighted by Crippen LogP contribution is -2.29. The molecule has 0 amide bonds. The van der Waals surface area contributed by atoms with Crippen molar-refractivity contribution in [1.29, 1.82) is 0 Å². The van der Waals surface area contributed by atoms with E-state index in [1.54, 1.807) is 36.5 Å². The average molecular weight is 474 g/mol. The summed E-state index contributed by atoms with van der Waals surface area (Å²) in [5, 5.41) is 3.81. The van der Waals surface area contributed by atoms with Crippen LogP contribution in [0.1, 0.15) is 33.9 Å². The normalized spacial score (nSPS) is 17.5. The van der Waals surface area contributed by atoms with Gasteiger partial charge in [-0.15, -0.1) is 0 Å². The summed E-state index contributed by atoms with van der Waals surface area (Å²) in [4.78, 5) is 18.7. The molecule has 1 N–H and O–H groups in total. The van der Waals surface area contributed by atoms with E-state index in [1.165, 1.54) is 19.2 Å². The Labute approximate surface area is 201 Å². The number of nitrogens with zero attached hydrogens (tertiary/aromatic N) is 2. The van der Waals surface area contributed by atoms with E-state index in [0.29, 0.717) is 27.8 Å². The molecule has 2 aromatic carbocycles. The van der Waals surface area contributed by atoms with Crippen LogP contribution in [0, 0.1) is 5.82 Å². The van der Waals surface area contributed by atoms with Crippen LogP contribution >= 0.6 is 12.2 Å². The summed E-state index contributed by atoms with van der Waals surface area (Å²) in [6, 6.07) is 21.9. The van der Waals surface area contributed by atoms with E-state index in [9.17, 15) is 9.18 Å². The number of hydrogen-bond acceptors (Lipinski definition) is 5. The van der Waals surface area contributed by atoms with Crippen LogP contribution in [-0.4, -0.2) is 23.2 Å². The van der Waals surface area contributed by atoms with Crippen molar-refractivity contribution < 1.29 is 18.3 Å². The molecule has 3 heterocycles. The lowest BCUT2D eigenvalue weighted by atomic mass is 10.0. The van der Waals surface area contributed by atoms with Gasteiger partial charge in [0, 0.05) is 17.4 Å². The SMILES string of the molecule is COC(=O)c1ccccc1-c1ccc([C@@H]2[C@@H](c3ccccn3)NC(=S)N2c2ccc(F)cc2)o1. The summed E-state index contributed by atoms with van der Waals surface area (Å²) in [6.45, 7) is 0. The fourth-order valence-electron chi connectivity index (χ4n) is 4.17. The molecule has 5 rings (SSSR count). The Morgan fingerprint density at radius 1 is 1.06 bits per heavy atom. The Hall–Kier alpha value is -4.04. The molecule has 34 heavy (non-hydrogen) atoms. The topological polar surface area (TPSA) is 67.6 Å². The molecule has 0 spiro atoms. The summed E-state index contributed by atoms with van der Waals surface area (Å²) in [5.41, 5.74) is 2.53. The number of carbonyl (C=O) groups excluding carboxylic acids is 1. The highest BCUT2D eigenvalue weighted by atomic mass is 32.1. The van der Waals surface area contributed by atoms with Crippen LogP contribution in [0.2, 0.25) is 0 Å². The van der Waals surface area contributed by atoms with Gasteiger partial charge in [-0.05, 0) is 66.8 Å². The molecule has 0 bridgehead atoms. The zero-order valence-electron chi connectivity index (χ0n) is 18.1. The average Bonchev–Trinajstić information content (AvgIpc) is 3.49. The first-order valence-electron chi connectivity index (χ1n) is 10.6. The van der Waals surface area contributed by atoms with Gasteiger partial charge in [0.2, 0.25) is 0 Å². The van der Waals surface area contributed by atoms with Crippen molar-refractivity contribution in [2.75, 3.05) is 12.0 Å².